The Balaban J connectivity index is 1.84. The molecule has 1 aliphatic carbocycles. The molecule has 1 saturated heterocycles. The maximum atomic E-state index is 13.6. The van der Waals surface area contributed by atoms with Gasteiger partial charge >= 0.3 is 0 Å². The van der Waals surface area contributed by atoms with E-state index in [2.05, 4.69) is 10.2 Å². The second kappa shape index (κ2) is 8.03. The van der Waals surface area contributed by atoms with E-state index in [0.717, 1.165) is 67.2 Å². The predicted octanol–water partition coefficient (Wildman–Crippen LogP) is 3.44. The number of benzene rings is 1. The zero-order chi connectivity index (χ0) is 20.6. The Kier molecular flexibility index (Phi) is 5.62. The second-order valence-corrected chi connectivity index (χ2v) is 10.1. The third-order valence-corrected chi connectivity index (χ3v) is 8.44. The smallest absolute Gasteiger partial charge is 0.267 e. The van der Waals surface area contributed by atoms with Crippen LogP contribution in [0.1, 0.15) is 62.6 Å². The molecule has 0 spiro atoms. The summed E-state index contributed by atoms with van der Waals surface area (Å²) in [6, 6.07) is 5.62. The summed E-state index contributed by atoms with van der Waals surface area (Å²) in [6.07, 6.45) is 7.10. The fourth-order valence-corrected chi connectivity index (χ4v) is 6.71. The van der Waals surface area contributed by atoms with Crippen molar-refractivity contribution in [3.8, 4) is 11.3 Å². The minimum Gasteiger partial charge on any atom is -0.268 e. The summed E-state index contributed by atoms with van der Waals surface area (Å²) in [5.74, 6) is 0. The van der Waals surface area contributed by atoms with E-state index in [1.165, 1.54) is 0 Å². The summed E-state index contributed by atoms with van der Waals surface area (Å²) < 4.78 is 28.8. The molecule has 2 aliphatic rings. The largest absolute Gasteiger partial charge is 0.268 e. The molecule has 4 rings (SSSR count). The van der Waals surface area contributed by atoms with Crippen LogP contribution in [0.25, 0.3) is 11.3 Å². The lowest BCUT2D eigenvalue weighted by Crippen LogP contribution is -2.42. The van der Waals surface area contributed by atoms with E-state index in [9.17, 15) is 13.2 Å². The lowest BCUT2D eigenvalue weighted by atomic mass is 9.89. The average Bonchev–Trinajstić information content (AvgIpc) is 2.74. The number of nitrogens with zero attached hydrogens (tertiary/aromatic N) is 2. The van der Waals surface area contributed by atoms with Gasteiger partial charge in [-0.25, -0.2) is 13.5 Å². The molecular weight excluding hydrogens is 386 g/mol. The fourth-order valence-electron chi connectivity index (χ4n) is 4.69. The van der Waals surface area contributed by atoms with Crippen molar-refractivity contribution >= 4 is 10.0 Å². The van der Waals surface area contributed by atoms with Crippen molar-refractivity contribution in [3.63, 3.8) is 0 Å². The molecule has 1 aromatic carbocycles. The van der Waals surface area contributed by atoms with Crippen LogP contribution in [0.4, 0.5) is 0 Å². The molecule has 1 aliphatic heterocycles. The van der Waals surface area contributed by atoms with Gasteiger partial charge in [-0.1, -0.05) is 25.5 Å². The van der Waals surface area contributed by atoms with Crippen LogP contribution in [-0.4, -0.2) is 35.5 Å². The van der Waals surface area contributed by atoms with Gasteiger partial charge in [0, 0.05) is 23.7 Å². The highest BCUT2D eigenvalue weighted by Crippen LogP contribution is 2.33. The maximum absolute atomic E-state index is 13.6. The van der Waals surface area contributed by atoms with Gasteiger partial charge in [0.2, 0.25) is 10.0 Å². The van der Waals surface area contributed by atoms with Crippen LogP contribution in [0.15, 0.2) is 27.9 Å². The zero-order valence-corrected chi connectivity index (χ0v) is 18.0. The van der Waals surface area contributed by atoms with Gasteiger partial charge in [0.15, 0.2) is 0 Å². The van der Waals surface area contributed by atoms with E-state index in [1.807, 2.05) is 26.0 Å². The molecule has 156 valence electrons. The predicted molar refractivity (Wildman–Crippen MR) is 114 cm³/mol. The standard InChI is InChI=1S/C22H29N3O3S/c1-3-16-11-12-17(21-18-9-4-5-10-19(18)22(26)24-23-21)14-20(16)29(27,28)25-13-7-6-8-15(25)2/h11-12,14-15H,3-10,13H2,1-2H3,(H,24,26)/t15-/m0/s1. The van der Waals surface area contributed by atoms with E-state index < -0.39 is 10.0 Å². The molecule has 0 radical (unpaired) electrons. The number of sulfonamides is 1. The summed E-state index contributed by atoms with van der Waals surface area (Å²) in [7, 11) is -3.58. The Hall–Kier alpha value is -1.99. The normalized spacial score (nSPS) is 20.4. The number of fused-ring (bicyclic) bond motifs is 1. The topological polar surface area (TPSA) is 83.1 Å². The van der Waals surface area contributed by atoms with Crippen LogP contribution < -0.4 is 5.56 Å². The Morgan fingerprint density at radius 1 is 1.14 bits per heavy atom. The van der Waals surface area contributed by atoms with Crippen molar-refractivity contribution in [1.82, 2.24) is 14.5 Å². The number of hydrogen-bond donors (Lipinski definition) is 1. The first-order chi connectivity index (χ1) is 13.9. The van der Waals surface area contributed by atoms with Crippen LogP contribution in [0, 0.1) is 0 Å². The molecule has 1 fully saturated rings. The highest BCUT2D eigenvalue weighted by molar-refractivity contribution is 7.89. The lowest BCUT2D eigenvalue weighted by Gasteiger charge is -2.33. The SMILES string of the molecule is CCc1ccc(-c2n[nH]c(=O)c3c2CCCC3)cc1S(=O)(=O)N1CCCC[C@@H]1C. The first kappa shape index (κ1) is 20.3. The van der Waals surface area contributed by atoms with Gasteiger partial charge in [-0.05, 0) is 69.1 Å². The number of aryl methyl sites for hydroxylation is 1. The summed E-state index contributed by atoms with van der Waals surface area (Å²) >= 11 is 0. The lowest BCUT2D eigenvalue weighted by molar-refractivity contribution is 0.268. The van der Waals surface area contributed by atoms with Crippen molar-refractivity contribution in [2.45, 2.75) is 76.2 Å². The third-order valence-electron chi connectivity index (χ3n) is 6.35. The maximum Gasteiger partial charge on any atom is 0.267 e. The number of hydrogen-bond acceptors (Lipinski definition) is 4. The van der Waals surface area contributed by atoms with Crippen LogP contribution in [0.5, 0.6) is 0 Å². The molecule has 1 N–H and O–H groups in total. The van der Waals surface area contributed by atoms with E-state index >= 15 is 0 Å². The highest BCUT2D eigenvalue weighted by Gasteiger charge is 2.33. The van der Waals surface area contributed by atoms with Crippen LogP contribution in [0.3, 0.4) is 0 Å². The number of nitrogens with one attached hydrogen (secondary N) is 1. The molecule has 29 heavy (non-hydrogen) atoms. The molecule has 0 unspecified atom stereocenters. The number of aromatic nitrogens is 2. The van der Waals surface area contributed by atoms with Gasteiger partial charge in [-0.2, -0.15) is 9.40 Å². The van der Waals surface area contributed by atoms with E-state index in [-0.39, 0.29) is 11.6 Å². The van der Waals surface area contributed by atoms with Gasteiger partial charge in [0.05, 0.1) is 10.6 Å². The quantitative estimate of drug-likeness (QED) is 0.829. The van der Waals surface area contributed by atoms with Crippen molar-refractivity contribution in [1.29, 1.82) is 0 Å². The number of rotatable bonds is 4. The molecule has 0 amide bonds. The first-order valence-corrected chi connectivity index (χ1v) is 12.1. The molecule has 2 aromatic rings. The zero-order valence-electron chi connectivity index (χ0n) is 17.2. The minimum absolute atomic E-state index is 0.0149. The highest BCUT2D eigenvalue weighted by atomic mass is 32.2. The number of aromatic amines is 1. The Morgan fingerprint density at radius 2 is 1.90 bits per heavy atom. The summed E-state index contributed by atoms with van der Waals surface area (Å²) in [5.41, 5.74) is 3.95. The monoisotopic (exact) mass is 415 g/mol. The van der Waals surface area contributed by atoms with Crippen molar-refractivity contribution < 1.29 is 8.42 Å². The van der Waals surface area contributed by atoms with E-state index in [4.69, 9.17) is 0 Å². The Labute approximate surface area is 172 Å². The Morgan fingerprint density at radius 3 is 2.62 bits per heavy atom. The number of piperidine rings is 1. The van der Waals surface area contributed by atoms with Crippen LogP contribution >= 0.6 is 0 Å². The molecule has 0 saturated carbocycles. The molecule has 0 bridgehead atoms. The van der Waals surface area contributed by atoms with Crippen LogP contribution in [-0.2, 0) is 29.3 Å². The van der Waals surface area contributed by atoms with E-state index in [1.54, 1.807) is 10.4 Å². The minimum atomic E-state index is -3.58. The average molecular weight is 416 g/mol. The van der Waals surface area contributed by atoms with Crippen molar-refractivity contribution in [2.24, 2.45) is 0 Å². The first-order valence-electron chi connectivity index (χ1n) is 10.7. The molecule has 7 heteroatoms. The van der Waals surface area contributed by atoms with Gasteiger partial charge in [-0.15, -0.1) is 0 Å². The van der Waals surface area contributed by atoms with Gasteiger partial charge in [-0.3, -0.25) is 4.79 Å². The molecular formula is C22H29N3O3S. The van der Waals surface area contributed by atoms with Gasteiger partial charge in [0.25, 0.3) is 5.56 Å². The number of H-pyrrole nitrogens is 1. The summed E-state index contributed by atoms with van der Waals surface area (Å²) in [4.78, 5) is 12.6. The second-order valence-electron chi connectivity index (χ2n) is 8.20. The van der Waals surface area contributed by atoms with Gasteiger partial charge < -0.3 is 0 Å². The van der Waals surface area contributed by atoms with Crippen molar-refractivity contribution in [3.05, 3.63) is 45.2 Å². The molecule has 6 nitrogen and oxygen atoms in total. The van der Waals surface area contributed by atoms with Gasteiger partial charge in [0.1, 0.15) is 0 Å². The molecule has 1 aromatic heterocycles. The van der Waals surface area contributed by atoms with E-state index in [0.29, 0.717) is 23.6 Å². The van der Waals surface area contributed by atoms with Crippen molar-refractivity contribution in [2.75, 3.05) is 6.54 Å². The summed E-state index contributed by atoms with van der Waals surface area (Å²) in [6.45, 7) is 4.54. The van der Waals surface area contributed by atoms with Crippen LogP contribution in [0.2, 0.25) is 0 Å². The fraction of sp³-hybridized carbons (Fsp3) is 0.545. The molecule has 2 heterocycles. The summed E-state index contributed by atoms with van der Waals surface area (Å²) in [5, 5.41) is 6.94. The Bertz CT molecular complexity index is 1080. The third kappa shape index (κ3) is 3.66. The molecule has 1 atom stereocenters.